The predicted molar refractivity (Wildman–Crippen MR) is 87.2 cm³/mol. The minimum atomic E-state index is -0.448. The highest BCUT2D eigenvalue weighted by molar-refractivity contribution is 5.99. The Hall–Kier alpha value is -1.66. The smallest absolute Gasteiger partial charge is 0.252 e. The monoisotopic (exact) mass is 306 g/mol. The number of aromatic nitrogens is 1. The number of morpholine rings is 1. The number of amides is 1. The number of ether oxygens (including phenoxy) is 1. The second-order valence-electron chi connectivity index (χ2n) is 6.43. The molecule has 0 aromatic carbocycles. The minimum Gasteiger partial charge on any atom is -0.379 e. The first-order valence-corrected chi connectivity index (χ1v) is 7.66. The minimum absolute atomic E-state index is 0.0575. The van der Waals surface area contributed by atoms with Crippen LogP contribution in [-0.4, -0.2) is 54.2 Å². The lowest BCUT2D eigenvalue weighted by Gasteiger charge is -2.41. The second kappa shape index (κ2) is 6.62. The summed E-state index contributed by atoms with van der Waals surface area (Å²) >= 11 is 0. The Bertz CT molecular complexity index is 551. The molecule has 22 heavy (non-hydrogen) atoms. The molecule has 3 N–H and O–H groups in total. The summed E-state index contributed by atoms with van der Waals surface area (Å²) < 4.78 is 5.40. The lowest BCUT2D eigenvalue weighted by molar-refractivity contribution is -0.00570. The van der Waals surface area contributed by atoms with Crippen molar-refractivity contribution in [3.63, 3.8) is 0 Å². The Morgan fingerprint density at radius 2 is 2.05 bits per heavy atom. The maximum absolute atomic E-state index is 11.7. The lowest BCUT2D eigenvalue weighted by atomic mass is 10.0. The standard InChI is InChI=1S/C16H26N4O2/c1-11-9-12(2)19-15(13(11)14(17)21)18-10-16(3,4)20-5-7-22-8-6-20/h9H,5-8,10H2,1-4H3,(H2,17,21)(H,18,19). The topological polar surface area (TPSA) is 80.5 Å². The number of nitrogens with zero attached hydrogens (tertiary/aromatic N) is 2. The number of nitrogens with one attached hydrogen (secondary N) is 1. The summed E-state index contributed by atoms with van der Waals surface area (Å²) in [5, 5.41) is 3.32. The molecule has 0 bridgehead atoms. The van der Waals surface area contributed by atoms with Crippen molar-refractivity contribution in [2.24, 2.45) is 5.73 Å². The van der Waals surface area contributed by atoms with Crippen molar-refractivity contribution in [3.8, 4) is 0 Å². The summed E-state index contributed by atoms with van der Waals surface area (Å²) in [6.45, 7) is 12.2. The average molecular weight is 306 g/mol. The summed E-state index contributed by atoms with van der Waals surface area (Å²) in [4.78, 5) is 18.5. The summed E-state index contributed by atoms with van der Waals surface area (Å²) in [6, 6.07) is 1.87. The van der Waals surface area contributed by atoms with E-state index < -0.39 is 5.91 Å². The number of hydrogen-bond donors (Lipinski definition) is 2. The van der Waals surface area contributed by atoms with Gasteiger partial charge in [0.05, 0.1) is 18.8 Å². The summed E-state index contributed by atoms with van der Waals surface area (Å²) in [7, 11) is 0. The van der Waals surface area contributed by atoms with Gasteiger partial charge in [-0.15, -0.1) is 0 Å². The maximum Gasteiger partial charge on any atom is 0.252 e. The van der Waals surface area contributed by atoms with Gasteiger partial charge in [0, 0.05) is 30.9 Å². The molecule has 0 atom stereocenters. The molecule has 1 aromatic heterocycles. The molecule has 0 unspecified atom stereocenters. The fraction of sp³-hybridized carbons (Fsp3) is 0.625. The van der Waals surface area contributed by atoms with Crippen LogP contribution in [-0.2, 0) is 4.74 Å². The molecule has 1 aliphatic heterocycles. The fourth-order valence-electron chi connectivity index (χ4n) is 2.86. The van der Waals surface area contributed by atoms with Gasteiger partial charge in [-0.3, -0.25) is 9.69 Å². The van der Waals surface area contributed by atoms with E-state index in [0.29, 0.717) is 17.9 Å². The highest BCUT2D eigenvalue weighted by Gasteiger charge is 2.28. The zero-order chi connectivity index (χ0) is 16.3. The molecule has 0 aliphatic carbocycles. The van der Waals surface area contributed by atoms with Crippen LogP contribution < -0.4 is 11.1 Å². The van der Waals surface area contributed by atoms with Crippen LogP contribution in [0.15, 0.2) is 6.07 Å². The first-order valence-electron chi connectivity index (χ1n) is 7.66. The van der Waals surface area contributed by atoms with Gasteiger partial charge in [0.1, 0.15) is 5.82 Å². The molecule has 6 nitrogen and oxygen atoms in total. The lowest BCUT2D eigenvalue weighted by Crippen LogP contribution is -2.53. The van der Waals surface area contributed by atoms with Crippen LogP contribution in [0.1, 0.15) is 35.5 Å². The van der Waals surface area contributed by atoms with Crippen molar-refractivity contribution < 1.29 is 9.53 Å². The third-order valence-electron chi connectivity index (χ3n) is 4.15. The Morgan fingerprint density at radius 3 is 2.64 bits per heavy atom. The molecule has 0 saturated carbocycles. The molecule has 1 saturated heterocycles. The van der Waals surface area contributed by atoms with Crippen LogP contribution in [0.25, 0.3) is 0 Å². The number of carbonyl (C=O) groups is 1. The summed E-state index contributed by atoms with van der Waals surface area (Å²) in [6.07, 6.45) is 0. The first-order chi connectivity index (χ1) is 10.3. The number of rotatable bonds is 5. The molecule has 0 spiro atoms. The maximum atomic E-state index is 11.7. The van der Waals surface area contributed by atoms with Crippen molar-refractivity contribution in [2.75, 3.05) is 38.2 Å². The van der Waals surface area contributed by atoms with Gasteiger partial charge in [0.15, 0.2) is 0 Å². The van der Waals surface area contributed by atoms with Crippen LogP contribution in [0.4, 0.5) is 5.82 Å². The Kier molecular flexibility index (Phi) is 5.03. The van der Waals surface area contributed by atoms with Gasteiger partial charge in [-0.1, -0.05) is 0 Å². The largest absolute Gasteiger partial charge is 0.379 e. The summed E-state index contributed by atoms with van der Waals surface area (Å²) in [5.74, 6) is 0.128. The van der Waals surface area contributed by atoms with Gasteiger partial charge in [0.25, 0.3) is 5.91 Å². The molecule has 0 radical (unpaired) electrons. The van der Waals surface area contributed by atoms with E-state index in [0.717, 1.165) is 37.6 Å². The van der Waals surface area contributed by atoms with E-state index in [4.69, 9.17) is 10.5 Å². The highest BCUT2D eigenvalue weighted by Crippen LogP contribution is 2.21. The first kappa shape index (κ1) is 16.7. The van der Waals surface area contributed by atoms with E-state index in [9.17, 15) is 4.79 Å². The highest BCUT2D eigenvalue weighted by atomic mass is 16.5. The van der Waals surface area contributed by atoms with Crippen LogP contribution in [0.3, 0.4) is 0 Å². The van der Waals surface area contributed by atoms with Crippen LogP contribution in [0, 0.1) is 13.8 Å². The molecule has 1 aliphatic rings. The van der Waals surface area contributed by atoms with E-state index in [1.807, 2.05) is 19.9 Å². The number of anilines is 1. The fourth-order valence-corrected chi connectivity index (χ4v) is 2.86. The Labute approximate surface area is 132 Å². The van der Waals surface area contributed by atoms with Gasteiger partial charge < -0.3 is 15.8 Å². The van der Waals surface area contributed by atoms with Crippen molar-refractivity contribution in [2.45, 2.75) is 33.2 Å². The van der Waals surface area contributed by atoms with Crippen LogP contribution in [0.2, 0.25) is 0 Å². The van der Waals surface area contributed by atoms with Crippen molar-refractivity contribution >= 4 is 11.7 Å². The zero-order valence-electron chi connectivity index (χ0n) is 13.9. The van der Waals surface area contributed by atoms with E-state index in [2.05, 4.69) is 29.0 Å². The van der Waals surface area contributed by atoms with Crippen molar-refractivity contribution in [3.05, 3.63) is 22.9 Å². The third-order valence-corrected chi connectivity index (χ3v) is 4.15. The molecule has 1 fully saturated rings. The number of hydrogen-bond acceptors (Lipinski definition) is 5. The second-order valence-corrected chi connectivity index (χ2v) is 6.43. The van der Waals surface area contributed by atoms with Gasteiger partial charge in [0.2, 0.25) is 0 Å². The Balaban J connectivity index is 2.15. The predicted octanol–water partition coefficient (Wildman–Crippen LogP) is 1.32. The van der Waals surface area contributed by atoms with E-state index in [1.165, 1.54) is 0 Å². The van der Waals surface area contributed by atoms with Gasteiger partial charge >= 0.3 is 0 Å². The number of primary amides is 1. The van der Waals surface area contributed by atoms with Gasteiger partial charge in [-0.25, -0.2) is 4.98 Å². The molecule has 6 heteroatoms. The third kappa shape index (κ3) is 3.75. The molecule has 122 valence electrons. The van der Waals surface area contributed by atoms with Crippen LogP contribution >= 0.6 is 0 Å². The molecule has 2 rings (SSSR count). The zero-order valence-corrected chi connectivity index (χ0v) is 13.9. The number of pyridine rings is 1. The van der Waals surface area contributed by atoms with Gasteiger partial charge in [-0.2, -0.15) is 0 Å². The SMILES string of the molecule is Cc1cc(C)c(C(N)=O)c(NCC(C)(C)N2CCOCC2)n1. The molecule has 2 heterocycles. The van der Waals surface area contributed by atoms with Gasteiger partial charge in [-0.05, 0) is 39.3 Å². The Morgan fingerprint density at radius 1 is 1.41 bits per heavy atom. The average Bonchev–Trinajstić information content (AvgIpc) is 2.45. The molecule has 1 amide bonds. The molecular weight excluding hydrogens is 280 g/mol. The van der Waals surface area contributed by atoms with Crippen molar-refractivity contribution in [1.29, 1.82) is 0 Å². The quantitative estimate of drug-likeness (QED) is 0.857. The van der Waals surface area contributed by atoms with Crippen molar-refractivity contribution in [1.82, 2.24) is 9.88 Å². The molecule has 1 aromatic rings. The van der Waals surface area contributed by atoms with E-state index in [1.54, 1.807) is 0 Å². The number of aryl methyl sites for hydroxylation is 2. The normalized spacial score (nSPS) is 16.5. The van der Waals surface area contributed by atoms with E-state index in [-0.39, 0.29) is 5.54 Å². The molecular formula is C16H26N4O2. The number of carbonyl (C=O) groups excluding carboxylic acids is 1. The van der Waals surface area contributed by atoms with E-state index >= 15 is 0 Å². The van der Waals surface area contributed by atoms with Crippen LogP contribution in [0.5, 0.6) is 0 Å². The number of nitrogens with two attached hydrogens (primary N) is 1. The summed E-state index contributed by atoms with van der Waals surface area (Å²) in [5.41, 5.74) is 7.64.